The standard InChI is InChI=1S/C18H21BrN2O4S2/c1-20(14-15-6-2-3-7-18(15)19)26(22,23)16-8-10-17(11-9-16)27(24,25)21-12-4-5-13-21/h2-3,6-11H,4-5,12-14H2,1H3. The highest BCUT2D eigenvalue weighted by atomic mass is 79.9. The van der Waals surface area contributed by atoms with Gasteiger partial charge in [-0.25, -0.2) is 16.8 Å². The molecular formula is C18H21BrN2O4S2. The van der Waals surface area contributed by atoms with Crippen LogP contribution in [-0.4, -0.2) is 45.6 Å². The molecule has 0 aliphatic carbocycles. The lowest BCUT2D eigenvalue weighted by Gasteiger charge is -2.19. The van der Waals surface area contributed by atoms with E-state index in [1.807, 2.05) is 24.3 Å². The van der Waals surface area contributed by atoms with Gasteiger partial charge < -0.3 is 0 Å². The van der Waals surface area contributed by atoms with Crippen LogP contribution in [0, 0.1) is 0 Å². The third-order valence-corrected chi connectivity index (χ3v) is 9.09. The number of benzene rings is 2. The van der Waals surface area contributed by atoms with E-state index in [1.54, 1.807) is 0 Å². The predicted molar refractivity (Wildman–Crippen MR) is 107 cm³/mol. The van der Waals surface area contributed by atoms with Crippen molar-refractivity contribution < 1.29 is 16.8 Å². The zero-order valence-electron chi connectivity index (χ0n) is 14.9. The van der Waals surface area contributed by atoms with Crippen molar-refractivity contribution in [1.29, 1.82) is 0 Å². The van der Waals surface area contributed by atoms with Crippen molar-refractivity contribution in [3.63, 3.8) is 0 Å². The molecule has 1 saturated heterocycles. The van der Waals surface area contributed by atoms with Crippen LogP contribution in [0.1, 0.15) is 18.4 Å². The van der Waals surface area contributed by atoms with Gasteiger partial charge in [-0.2, -0.15) is 8.61 Å². The molecule has 0 amide bonds. The Kier molecular flexibility index (Phi) is 6.07. The molecular weight excluding hydrogens is 452 g/mol. The Labute approximate surface area is 169 Å². The van der Waals surface area contributed by atoms with Crippen LogP contribution in [0.15, 0.2) is 62.8 Å². The third-order valence-electron chi connectivity index (χ3n) is 4.59. The van der Waals surface area contributed by atoms with Crippen LogP contribution in [0.3, 0.4) is 0 Å². The van der Waals surface area contributed by atoms with Gasteiger partial charge in [0.15, 0.2) is 0 Å². The first-order valence-corrected chi connectivity index (χ1v) is 12.2. The lowest BCUT2D eigenvalue weighted by Crippen LogP contribution is -2.28. The molecule has 27 heavy (non-hydrogen) atoms. The van der Waals surface area contributed by atoms with Crippen molar-refractivity contribution in [2.75, 3.05) is 20.1 Å². The second kappa shape index (κ2) is 8.00. The number of hydrogen-bond donors (Lipinski definition) is 0. The number of sulfonamides is 2. The molecule has 0 atom stereocenters. The van der Waals surface area contributed by atoms with Gasteiger partial charge in [0.25, 0.3) is 0 Å². The molecule has 1 heterocycles. The minimum atomic E-state index is -3.73. The second-order valence-electron chi connectivity index (χ2n) is 6.44. The molecule has 0 spiro atoms. The SMILES string of the molecule is CN(Cc1ccccc1Br)S(=O)(=O)c1ccc(S(=O)(=O)N2CCCC2)cc1. The minimum Gasteiger partial charge on any atom is -0.207 e. The molecule has 1 fully saturated rings. The van der Waals surface area contributed by atoms with Crippen molar-refractivity contribution in [1.82, 2.24) is 8.61 Å². The molecule has 3 rings (SSSR count). The van der Waals surface area contributed by atoms with E-state index in [1.165, 1.54) is 39.9 Å². The monoisotopic (exact) mass is 472 g/mol. The average Bonchev–Trinajstić information content (AvgIpc) is 3.19. The Morgan fingerprint density at radius 3 is 2.07 bits per heavy atom. The Balaban J connectivity index is 1.82. The molecule has 1 aliphatic rings. The van der Waals surface area contributed by atoms with E-state index in [0.717, 1.165) is 22.9 Å². The molecule has 2 aromatic carbocycles. The maximum absolute atomic E-state index is 12.8. The maximum Gasteiger partial charge on any atom is 0.243 e. The number of nitrogens with zero attached hydrogens (tertiary/aromatic N) is 2. The summed E-state index contributed by atoms with van der Waals surface area (Å²) in [6, 6.07) is 12.9. The Bertz CT molecular complexity index is 1020. The first-order chi connectivity index (χ1) is 12.7. The van der Waals surface area contributed by atoms with E-state index in [4.69, 9.17) is 0 Å². The summed E-state index contributed by atoms with van der Waals surface area (Å²) in [6.07, 6.45) is 1.71. The molecule has 0 N–H and O–H groups in total. The van der Waals surface area contributed by atoms with Crippen molar-refractivity contribution in [3.8, 4) is 0 Å². The van der Waals surface area contributed by atoms with Crippen LogP contribution in [-0.2, 0) is 26.6 Å². The molecule has 0 radical (unpaired) electrons. The summed E-state index contributed by atoms with van der Waals surface area (Å²) in [5.74, 6) is 0. The van der Waals surface area contributed by atoms with Gasteiger partial charge in [0, 0.05) is 31.2 Å². The maximum atomic E-state index is 12.8. The van der Waals surface area contributed by atoms with Gasteiger partial charge in [-0.1, -0.05) is 34.1 Å². The Morgan fingerprint density at radius 2 is 1.48 bits per heavy atom. The second-order valence-corrected chi connectivity index (χ2v) is 11.3. The fraction of sp³-hybridized carbons (Fsp3) is 0.333. The van der Waals surface area contributed by atoms with Crippen LogP contribution in [0.4, 0.5) is 0 Å². The topological polar surface area (TPSA) is 74.8 Å². The van der Waals surface area contributed by atoms with Crippen molar-refractivity contribution >= 4 is 36.0 Å². The van der Waals surface area contributed by atoms with Crippen molar-refractivity contribution in [2.24, 2.45) is 0 Å². The van der Waals surface area contributed by atoms with Crippen LogP contribution in [0.25, 0.3) is 0 Å². The zero-order chi connectivity index (χ0) is 19.7. The highest BCUT2D eigenvalue weighted by molar-refractivity contribution is 9.10. The van der Waals surface area contributed by atoms with Gasteiger partial charge in [-0.05, 0) is 48.7 Å². The molecule has 1 aliphatic heterocycles. The quantitative estimate of drug-likeness (QED) is 0.647. The van der Waals surface area contributed by atoms with E-state index < -0.39 is 20.0 Å². The normalized spacial score (nSPS) is 16.1. The van der Waals surface area contributed by atoms with Crippen LogP contribution < -0.4 is 0 Å². The largest absolute Gasteiger partial charge is 0.243 e. The van der Waals surface area contributed by atoms with Gasteiger partial charge in [0.1, 0.15) is 0 Å². The fourth-order valence-corrected chi connectivity index (χ4v) is 6.07. The summed E-state index contributed by atoms with van der Waals surface area (Å²) in [7, 11) is -5.78. The van der Waals surface area contributed by atoms with Crippen molar-refractivity contribution in [3.05, 3.63) is 58.6 Å². The summed E-state index contributed by atoms with van der Waals surface area (Å²) in [5.41, 5.74) is 0.844. The fourth-order valence-electron chi connectivity index (χ4n) is 2.99. The lowest BCUT2D eigenvalue weighted by molar-refractivity contribution is 0.465. The van der Waals surface area contributed by atoms with E-state index >= 15 is 0 Å². The van der Waals surface area contributed by atoms with Gasteiger partial charge in [0.05, 0.1) is 9.79 Å². The van der Waals surface area contributed by atoms with Gasteiger partial charge in [-0.3, -0.25) is 0 Å². The van der Waals surface area contributed by atoms with Crippen LogP contribution >= 0.6 is 15.9 Å². The summed E-state index contributed by atoms with van der Waals surface area (Å²) in [4.78, 5) is 0.189. The average molecular weight is 473 g/mol. The van der Waals surface area contributed by atoms with E-state index in [0.29, 0.717) is 13.1 Å². The highest BCUT2D eigenvalue weighted by Crippen LogP contribution is 2.25. The molecule has 146 valence electrons. The first-order valence-electron chi connectivity index (χ1n) is 8.53. The molecule has 6 nitrogen and oxygen atoms in total. The number of hydrogen-bond acceptors (Lipinski definition) is 4. The lowest BCUT2D eigenvalue weighted by atomic mass is 10.2. The van der Waals surface area contributed by atoms with Crippen molar-refractivity contribution in [2.45, 2.75) is 29.2 Å². The highest BCUT2D eigenvalue weighted by Gasteiger charge is 2.28. The van der Waals surface area contributed by atoms with Gasteiger partial charge in [-0.15, -0.1) is 0 Å². The summed E-state index contributed by atoms with van der Waals surface area (Å²) in [5, 5.41) is 0. The minimum absolute atomic E-state index is 0.0671. The Hall–Kier alpha value is -1.26. The van der Waals surface area contributed by atoms with E-state index in [-0.39, 0.29) is 16.3 Å². The molecule has 0 saturated carbocycles. The molecule has 0 unspecified atom stereocenters. The zero-order valence-corrected chi connectivity index (χ0v) is 18.1. The van der Waals surface area contributed by atoms with E-state index in [9.17, 15) is 16.8 Å². The van der Waals surface area contributed by atoms with Crippen LogP contribution in [0.2, 0.25) is 0 Å². The number of rotatable bonds is 6. The summed E-state index contributed by atoms with van der Waals surface area (Å²) >= 11 is 3.42. The molecule has 0 aromatic heterocycles. The smallest absolute Gasteiger partial charge is 0.207 e. The first kappa shape index (κ1) is 20.5. The van der Waals surface area contributed by atoms with Gasteiger partial charge >= 0.3 is 0 Å². The number of halogens is 1. The summed E-state index contributed by atoms with van der Waals surface area (Å²) < 4.78 is 54.3. The summed E-state index contributed by atoms with van der Waals surface area (Å²) in [6.45, 7) is 1.23. The van der Waals surface area contributed by atoms with Gasteiger partial charge in [0.2, 0.25) is 20.0 Å². The molecule has 9 heteroatoms. The predicted octanol–water partition coefficient (Wildman–Crippen LogP) is 3.05. The third kappa shape index (κ3) is 4.27. The Morgan fingerprint density at radius 1 is 0.926 bits per heavy atom. The van der Waals surface area contributed by atoms with E-state index in [2.05, 4.69) is 15.9 Å². The van der Waals surface area contributed by atoms with Crippen LogP contribution in [0.5, 0.6) is 0 Å². The molecule has 0 bridgehead atoms. The molecule has 2 aromatic rings.